The number of amides is 1. The number of rotatable bonds is 6. The number of ether oxygens (including phenoxy) is 1. The molecule has 0 bridgehead atoms. The van der Waals surface area contributed by atoms with Gasteiger partial charge in [-0.25, -0.2) is 4.68 Å². The summed E-state index contributed by atoms with van der Waals surface area (Å²) in [4.78, 5) is 17.0. The number of para-hydroxylation sites is 1. The molecule has 3 heterocycles. The van der Waals surface area contributed by atoms with Crippen molar-refractivity contribution in [3.63, 3.8) is 0 Å². The predicted molar refractivity (Wildman–Crippen MR) is 121 cm³/mol. The zero-order chi connectivity index (χ0) is 22.6. The van der Waals surface area contributed by atoms with Crippen LogP contribution >= 0.6 is 0 Å². The van der Waals surface area contributed by atoms with E-state index in [1.54, 1.807) is 19.2 Å². The zero-order valence-corrected chi connectivity index (χ0v) is 19.0. The Hall–Kier alpha value is -3.20. The predicted octanol–water partition coefficient (Wildman–Crippen LogP) is 3.33. The maximum atomic E-state index is 12.8. The molecule has 1 aromatic carbocycles. The Morgan fingerprint density at radius 3 is 2.58 bits per heavy atom. The van der Waals surface area contributed by atoms with Crippen LogP contribution in [0, 0.1) is 0 Å². The number of benzene rings is 1. The van der Waals surface area contributed by atoms with Gasteiger partial charge in [-0.05, 0) is 41.5 Å². The first-order chi connectivity index (χ1) is 16.3. The van der Waals surface area contributed by atoms with Crippen LogP contribution in [0.2, 0.25) is 0 Å². The van der Waals surface area contributed by atoms with Gasteiger partial charge >= 0.3 is 0 Å². The highest BCUT2D eigenvalue weighted by atomic mass is 16.5. The summed E-state index contributed by atoms with van der Waals surface area (Å²) in [6.45, 7) is 2.62. The van der Waals surface area contributed by atoms with Gasteiger partial charge in [0, 0.05) is 31.7 Å². The minimum absolute atomic E-state index is 0.0690. The van der Waals surface area contributed by atoms with Crippen LogP contribution in [0.25, 0.3) is 0 Å². The number of methoxy groups -OCH3 is 1. The molecule has 5 rings (SSSR count). The molecule has 0 spiro atoms. The Morgan fingerprint density at radius 2 is 1.85 bits per heavy atom. The van der Waals surface area contributed by atoms with Crippen molar-refractivity contribution in [3.8, 4) is 5.75 Å². The first-order valence-electron chi connectivity index (χ1n) is 11.7. The standard InChI is InChI=1S/C24H30N6O3/c1-32-20-11-6-5-10-19(20)22(23-25-26-27-30(23)18-8-3-2-4-9-18)28-13-15-29(16-14-28)24(31)21-12-7-17-33-21/h5-7,10-12,17-18,22H,2-4,8-9,13-16H2,1H3. The average Bonchev–Trinajstić information content (AvgIpc) is 3.58. The van der Waals surface area contributed by atoms with Crippen LogP contribution in [-0.4, -0.2) is 69.2 Å². The fourth-order valence-corrected chi connectivity index (χ4v) is 5.10. The van der Waals surface area contributed by atoms with E-state index in [0.29, 0.717) is 38.0 Å². The van der Waals surface area contributed by atoms with E-state index in [2.05, 4.69) is 26.5 Å². The second kappa shape index (κ2) is 9.74. The van der Waals surface area contributed by atoms with Crippen LogP contribution in [0.1, 0.15) is 66.1 Å². The van der Waals surface area contributed by atoms with Crippen LogP contribution in [0.15, 0.2) is 47.1 Å². The first-order valence-corrected chi connectivity index (χ1v) is 11.7. The Bertz CT molecular complexity index is 1050. The van der Waals surface area contributed by atoms with Crippen LogP contribution in [0.3, 0.4) is 0 Å². The van der Waals surface area contributed by atoms with E-state index in [0.717, 1.165) is 30.0 Å². The van der Waals surface area contributed by atoms with Gasteiger partial charge in [-0.3, -0.25) is 9.69 Å². The fraction of sp³-hybridized carbons (Fsp3) is 0.500. The molecular weight excluding hydrogens is 420 g/mol. The van der Waals surface area contributed by atoms with Gasteiger partial charge in [0.1, 0.15) is 11.8 Å². The molecule has 2 fully saturated rings. The van der Waals surface area contributed by atoms with Gasteiger partial charge in [0.15, 0.2) is 11.6 Å². The maximum Gasteiger partial charge on any atom is 0.289 e. The van der Waals surface area contributed by atoms with Gasteiger partial charge in [0.2, 0.25) is 0 Å². The Morgan fingerprint density at radius 1 is 1.06 bits per heavy atom. The highest BCUT2D eigenvalue weighted by Gasteiger charge is 2.35. The van der Waals surface area contributed by atoms with Gasteiger partial charge in [-0.2, -0.15) is 0 Å². The zero-order valence-electron chi connectivity index (χ0n) is 19.0. The Balaban J connectivity index is 1.44. The molecule has 1 saturated carbocycles. The number of furan rings is 1. The van der Waals surface area contributed by atoms with E-state index in [1.165, 1.54) is 25.5 Å². The monoisotopic (exact) mass is 450 g/mol. The second-order valence-electron chi connectivity index (χ2n) is 8.72. The van der Waals surface area contributed by atoms with Crippen molar-refractivity contribution in [1.82, 2.24) is 30.0 Å². The van der Waals surface area contributed by atoms with Crippen molar-refractivity contribution in [1.29, 1.82) is 0 Å². The number of tetrazole rings is 1. The number of carbonyl (C=O) groups excluding carboxylic acids is 1. The third kappa shape index (κ3) is 4.37. The van der Waals surface area contributed by atoms with Gasteiger partial charge in [0.25, 0.3) is 5.91 Å². The fourth-order valence-electron chi connectivity index (χ4n) is 5.10. The summed E-state index contributed by atoms with van der Waals surface area (Å²) >= 11 is 0. The van der Waals surface area contributed by atoms with E-state index >= 15 is 0 Å². The van der Waals surface area contributed by atoms with E-state index in [1.807, 2.05) is 27.8 Å². The topological polar surface area (TPSA) is 89.5 Å². The molecule has 3 aromatic rings. The minimum Gasteiger partial charge on any atom is -0.496 e. The van der Waals surface area contributed by atoms with Crippen molar-refractivity contribution in [2.24, 2.45) is 0 Å². The summed E-state index contributed by atoms with van der Waals surface area (Å²) in [6, 6.07) is 11.7. The Kier molecular flexibility index (Phi) is 6.39. The van der Waals surface area contributed by atoms with Crippen molar-refractivity contribution < 1.29 is 13.9 Å². The van der Waals surface area contributed by atoms with Gasteiger partial charge in [-0.15, -0.1) is 5.10 Å². The molecule has 174 valence electrons. The number of aromatic nitrogens is 4. The first kappa shape index (κ1) is 21.6. The third-order valence-electron chi connectivity index (χ3n) is 6.82. The number of nitrogens with zero attached hydrogens (tertiary/aromatic N) is 6. The van der Waals surface area contributed by atoms with Gasteiger partial charge in [0.05, 0.1) is 19.4 Å². The van der Waals surface area contributed by atoms with Crippen LogP contribution in [-0.2, 0) is 0 Å². The molecule has 1 amide bonds. The lowest BCUT2D eigenvalue weighted by molar-refractivity contribution is 0.0555. The quantitative estimate of drug-likeness (QED) is 0.569. The molecule has 0 N–H and O–H groups in total. The molecule has 1 atom stereocenters. The highest BCUT2D eigenvalue weighted by molar-refractivity contribution is 5.91. The van der Waals surface area contributed by atoms with Gasteiger partial charge < -0.3 is 14.1 Å². The van der Waals surface area contributed by atoms with Crippen LogP contribution in [0.4, 0.5) is 0 Å². The summed E-state index contributed by atoms with van der Waals surface area (Å²) in [7, 11) is 1.69. The largest absolute Gasteiger partial charge is 0.496 e. The van der Waals surface area contributed by atoms with E-state index in [-0.39, 0.29) is 11.9 Å². The lowest BCUT2D eigenvalue weighted by Crippen LogP contribution is -2.50. The SMILES string of the molecule is COc1ccccc1C(c1nnnn1C1CCCCC1)N1CCN(C(=O)c2ccco2)CC1. The summed E-state index contributed by atoms with van der Waals surface area (Å²) in [5.41, 5.74) is 1.04. The molecule has 9 nitrogen and oxygen atoms in total. The smallest absolute Gasteiger partial charge is 0.289 e. The molecular formula is C24H30N6O3. The van der Waals surface area contributed by atoms with Crippen molar-refractivity contribution in [3.05, 3.63) is 59.8 Å². The number of carbonyl (C=O) groups is 1. The van der Waals surface area contributed by atoms with E-state index < -0.39 is 0 Å². The number of hydrogen-bond donors (Lipinski definition) is 0. The lowest BCUT2D eigenvalue weighted by atomic mass is 9.95. The maximum absolute atomic E-state index is 12.8. The number of hydrogen-bond acceptors (Lipinski definition) is 7. The van der Waals surface area contributed by atoms with Crippen molar-refractivity contribution in [2.75, 3.05) is 33.3 Å². The normalized spacial score (nSPS) is 18.9. The molecule has 1 saturated heterocycles. The molecule has 0 radical (unpaired) electrons. The summed E-state index contributed by atoms with van der Waals surface area (Å²) in [5.74, 6) is 1.97. The molecule has 1 aliphatic heterocycles. The second-order valence-corrected chi connectivity index (χ2v) is 8.72. The summed E-state index contributed by atoms with van der Waals surface area (Å²) in [5, 5.41) is 13.0. The lowest BCUT2D eigenvalue weighted by Gasteiger charge is -2.39. The molecule has 9 heteroatoms. The molecule has 1 aliphatic carbocycles. The van der Waals surface area contributed by atoms with Gasteiger partial charge in [-0.1, -0.05) is 37.5 Å². The molecule has 2 aromatic heterocycles. The Labute approximate surface area is 193 Å². The minimum atomic E-state index is -0.154. The van der Waals surface area contributed by atoms with Crippen LogP contribution < -0.4 is 4.74 Å². The molecule has 33 heavy (non-hydrogen) atoms. The van der Waals surface area contributed by atoms with Crippen molar-refractivity contribution >= 4 is 5.91 Å². The molecule has 1 unspecified atom stereocenters. The van der Waals surface area contributed by atoms with E-state index in [4.69, 9.17) is 9.15 Å². The number of piperazine rings is 1. The van der Waals surface area contributed by atoms with Crippen molar-refractivity contribution in [2.45, 2.75) is 44.2 Å². The average molecular weight is 451 g/mol. The summed E-state index contributed by atoms with van der Waals surface area (Å²) < 4.78 is 13.1. The summed E-state index contributed by atoms with van der Waals surface area (Å²) in [6.07, 6.45) is 7.42. The highest BCUT2D eigenvalue weighted by Crippen LogP contribution is 2.37. The molecule has 2 aliphatic rings. The third-order valence-corrected chi connectivity index (χ3v) is 6.82. The van der Waals surface area contributed by atoms with Crippen LogP contribution in [0.5, 0.6) is 5.75 Å². The van der Waals surface area contributed by atoms with E-state index in [9.17, 15) is 4.79 Å².